The summed E-state index contributed by atoms with van der Waals surface area (Å²) in [5, 5.41) is 29.4. The largest absolute Gasteiger partial charge is 1.00 e. The summed E-state index contributed by atoms with van der Waals surface area (Å²) in [6, 6.07) is 20.0. The highest BCUT2D eigenvalue weighted by Crippen LogP contribution is 2.37. The Hall–Kier alpha value is -4.81. The Morgan fingerprint density at radius 2 is 1.55 bits per heavy atom. The number of carbonyl (C=O) groups excluding carboxylic acids is 3. The summed E-state index contributed by atoms with van der Waals surface area (Å²) in [6.07, 6.45) is 5.16. The molecule has 0 atom stereocenters. The van der Waals surface area contributed by atoms with E-state index in [-0.39, 0.29) is 57.2 Å². The molecule has 4 aromatic rings. The summed E-state index contributed by atoms with van der Waals surface area (Å²) in [4.78, 5) is 38.5. The lowest BCUT2D eigenvalue weighted by molar-refractivity contribution is -0.688. The molecule has 0 amide bonds. The van der Waals surface area contributed by atoms with Crippen LogP contribution in [0.15, 0.2) is 79.1 Å². The number of phenolic OH excluding ortho intramolecular Hbond substituents is 2. The van der Waals surface area contributed by atoms with Crippen LogP contribution in [-0.4, -0.2) is 34.4 Å². The first-order valence-corrected chi connectivity index (χ1v) is 12.3. The van der Waals surface area contributed by atoms with Crippen LogP contribution in [0.3, 0.4) is 0 Å². The molecule has 1 aliphatic carbocycles. The zero-order valence-corrected chi connectivity index (χ0v) is 22.7. The number of benzene rings is 3. The molecule has 3 aromatic carbocycles. The van der Waals surface area contributed by atoms with Gasteiger partial charge in [-0.1, -0.05) is 24.3 Å². The van der Waals surface area contributed by atoms with Gasteiger partial charge >= 0.3 is 5.97 Å². The van der Waals surface area contributed by atoms with Crippen LogP contribution in [0.2, 0.25) is 0 Å². The average Bonchev–Trinajstić information content (AvgIpc) is 2.94. The predicted octanol–water partition coefficient (Wildman–Crippen LogP) is 0.874. The van der Waals surface area contributed by atoms with Gasteiger partial charge in [0.15, 0.2) is 24.7 Å². The number of nitrogens with zero attached hydrogens (tertiary/aromatic N) is 2. The maximum absolute atomic E-state index is 13.0. The highest BCUT2D eigenvalue weighted by atomic mass is 79.9. The number of pyridine rings is 1. The van der Waals surface area contributed by atoms with Crippen molar-refractivity contribution in [2.24, 2.45) is 0 Å². The van der Waals surface area contributed by atoms with E-state index in [2.05, 4.69) is 6.07 Å². The highest BCUT2D eigenvalue weighted by Gasteiger charge is 2.35. The highest BCUT2D eigenvalue weighted by molar-refractivity contribution is 6.30. The summed E-state index contributed by atoms with van der Waals surface area (Å²) in [5.74, 6) is -2.84. The second-order valence-corrected chi connectivity index (χ2v) is 9.20. The summed E-state index contributed by atoms with van der Waals surface area (Å²) in [6.45, 7) is 0.804. The normalized spacial score (nSPS) is 11.6. The summed E-state index contributed by atoms with van der Waals surface area (Å²) in [5.41, 5.74) is 2.23. The third-order valence-electron chi connectivity index (χ3n) is 6.59. The number of aryl methyl sites for hydroxylation is 1. The first-order valence-electron chi connectivity index (χ1n) is 12.3. The fraction of sp³-hybridized carbons (Fsp3) is 0.129. The molecule has 9 heteroatoms. The first-order chi connectivity index (χ1) is 18.9. The number of aromatic nitrogens is 1. The Morgan fingerprint density at radius 3 is 2.25 bits per heavy atom. The fourth-order valence-electron chi connectivity index (χ4n) is 4.58. The topological polar surface area (TPSA) is 129 Å². The Bertz CT molecular complexity index is 1660. The maximum atomic E-state index is 13.0. The van der Waals surface area contributed by atoms with Gasteiger partial charge in [0.1, 0.15) is 11.5 Å². The van der Waals surface area contributed by atoms with Gasteiger partial charge in [-0.15, -0.1) is 0 Å². The Balaban J connectivity index is 0.00000370. The van der Waals surface area contributed by atoms with E-state index in [1.165, 1.54) is 24.3 Å². The molecule has 40 heavy (non-hydrogen) atoms. The molecule has 5 rings (SSSR count). The molecule has 0 unspecified atom stereocenters. The van der Waals surface area contributed by atoms with E-state index in [0.717, 1.165) is 17.2 Å². The fourth-order valence-corrected chi connectivity index (χ4v) is 4.58. The van der Waals surface area contributed by atoms with Crippen LogP contribution in [-0.2, 0) is 17.7 Å². The molecule has 2 N–H and O–H groups in total. The summed E-state index contributed by atoms with van der Waals surface area (Å²) < 4.78 is 7.38. The van der Waals surface area contributed by atoms with E-state index >= 15 is 0 Å². The number of ether oxygens (including phenoxy) is 1. The number of carbonyl (C=O) groups is 3. The van der Waals surface area contributed by atoms with E-state index in [9.17, 15) is 24.6 Å². The van der Waals surface area contributed by atoms with Crippen molar-refractivity contribution >= 4 is 17.5 Å². The smallest absolute Gasteiger partial charge is 0.338 e. The lowest BCUT2D eigenvalue weighted by atomic mass is 9.82. The van der Waals surface area contributed by atoms with E-state index in [4.69, 9.17) is 10.00 Å². The number of fused-ring (bicyclic) bond motifs is 2. The van der Waals surface area contributed by atoms with E-state index < -0.39 is 23.3 Å². The van der Waals surface area contributed by atoms with Crippen LogP contribution < -0.4 is 21.5 Å². The van der Waals surface area contributed by atoms with Crippen molar-refractivity contribution in [1.82, 2.24) is 0 Å². The van der Waals surface area contributed by atoms with Crippen molar-refractivity contribution in [2.45, 2.75) is 19.4 Å². The SMILES string of the molecule is N#Cc1ccc(C[n+]2ccc(CCCOC(=O)c3cc(O)c4c(c3)C(=O)c3cccc(O)c3C4=O)cc2)cc1.[Br-]. The molecule has 1 heterocycles. The van der Waals surface area contributed by atoms with Crippen molar-refractivity contribution < 1.29 is 50.9 Å². The maximum Gasteiger partial charge on any atom is 0.338 e. The number of ketones is 2. The van der Waals surface area contributed by atoms with Crippen LogP contribution in [0.4, 0.5) is 0 Å². The molecule has 1 aromatic heterocycles. The van der Waals surface area contributed by atoms with Gasteiger partial charge in [0.2, 0.25) is 5.78 Å². The number of rotatable bonds is 7. The van der Waals surface area contributed by atoms with Crippen molar-refractivity contribution in [1.29, 1.82) is 5.26 Å². The van der Waals surface area contributed by atoms with Crippen molar-refractivity contribution in [3.63, 3.8) is 0 Å². The molecule has 0 saturated heterocycles. The monoisotopic (exact) mass is 598 g/mol. The Kier molecular flexibility index (Phi) is 8.41. The van der Waals surface area contributed by atoms with Gasteiger partial charge in [-0.25, -0.2) is 9.36 Å². The molecule has 1 aliphatic rings. The van der Waals surface area contributed by atoms with Gasteiger partial charge in [0.05, 0.1) is 34.9 Å². The summed E-state index contributed by atoms with van der Waals surface area (Å²) >= 11 is 0. The first kappa shape index (κ1) is 28.2. The number of hydrogen-bond acceptors (Lipinski definition) is 7. The minimum Gasteiger partial charge on any atom is -1.00 e. The molecule has 0 aliphatic heterocycles. The van der Waals surface area contributed by atoms with Crippen molar-refractivity contribution in [2.75, 3.05) is 6.61 Å². The lowest BCUT2D eigenvalue weighted by Gasteiger charge is -2.19. The van der Waals surface area contributed by atoms with Gasteiger partial charge < -0.3 is 31.9 Å². The molecule has 0 fully saturated rings. The quantitative estimate of drug-likeness (QED) is 0.162. The van der Waals surface area contributed by atoms with Crippen LogP contribution in [0.25, 0.3) is 0 Å². The Morgan fingerprint density at radius 1 is 0.850 bits per heavy atom. The standard InChI is InChI=1S/C31H22N2O6.BrH/c32-17-20-6-8-21(9-7-20)18-33-12-10-19(11-13-33)3-2-14-39-31(38)22-15-24-28(26(35)16-22)30(37)27-23(29(24)36)4-1-5-25(27)34;/h1,4-13,15-16H,2-3,14,18H2,(H-,34,35,37);1H. The molecular weight excluding hydrogens is 576 g/mol. The van der Waals surface area contributed by atoms with Gasteiger partial charge in [-0.2, -0.15) is 5.26 Å². The molecule has 0 saturated carbocycles. The van der Waals surface area contributed by atoms with Crippen LogP contribution in [0.1, 0.15) is 65.3 Å². The molecule has 8 nitrogen and oxygen atoms in total. The second-order valence-electron chi connectivity index (χ2n) is 9.20. The average molecular weight is 599 g/mol. The number of nitriles is 1. The number of hydrogen-bond donors (Lipinski definition) is 2. The summed E-state index contributed by atoms with van der Waals surface area (Å²) in [7, 11) is 0. The predicted molar refractivity (Wildman–Crippen MR) is 139 cm³/mol. The zero-order valence-electron chi connectivity index (χ0n) is 21.1. The number of halogens is 1. The zero-order chi connectivity index (χ0) is 27.5. The molecular formula is C31H23BrN2O6. The lowest BCUT2D eigenvalue weighted by Crippen LogP contribution is -3.00. The third-order valence-corrected chi connectivity index (χ3v) is 6.59. The molecule has 0 spiro atoms. The molecule has 200 valence electrons. The van der Waals surface area contributed by atoms with Crippen LogP contribution in [0.5, 0.6) is 11.5 Å². The van der Waals surface area contributed by atoms with Crippen LogP contribution >= 0.6 is 0 Å². The minimum atomic E-state index is -0.719. The van der Waals surface area contributed by atoms with Crippen molar-refractivity contribution in [3.05, 3.63) is 124 Å². The Labute approximate surface area is 240 Å². The van der Waals surface area contributed by atoms with Gasteiger partial charge in [-0.3, -0.25) is 9.59 Å². The van der Waals surface area contributed by atoms with Crippen LogP contribution in [0, 0.1) is 11.3 Å². The third kappa shape index (κ3) is 5.63. The van der Waals surface area contributed by atoms with Crippen molar-refractivity contribution in [3.8, 4) is 17.6 Å². The number of aromatic hydroxyl groups is 2. The van der Waals surface area contributed by atoms with Gasteiger partial charge in [-0.05, 0) is 48.7 Å². The number of phenols is 2. The molecule has 0 bridgehead atoms. The molecule has 0 radical (unpaired) electrons. The van der Waals surface area contributed by atoms with E-state index in [1.807, 2.05) is 41.2 Å². The number of esters is 1. The van der Waals surface area contributed by atoms with Gasteiger partial charge in [0, 0.05) is 28.8 Å². The van der Waals surface area contributed by atoms with E-state index in [1.54, 1.807) is 12.1 Å². The minimum absolute atomic E-state index is 0. The van der Waals surface area contributed by atoms with E-state index in [0.29, 0.717) is 24.9 Å². The van der Waals surface area contributed by atoms with Gasteiger partial charge in [0.25, 0.3) is 0 Å². The second kappa shape index (κ2) is 11.9.